The highest BCUT2D eigenvalue weighted by Gasteiger charge is 2.70. The molecule has 7 rings (SSSR count). The third-order valence-corrected chi connectivity index (χ3v) is 19.0. The van der Waals surface area contributed by atoms with E-state index in [1.54, 1.807) is 5.57 Å². The van der Waals surface area contributed by atoms with Gasteiger partial charge in [-0.25, -0.2) is 15.0 Å². The first-order chi connectivity index (χ1) is 23.0. The molecule has 6 aliphatic carbocycles. The van der Waals surface area contributed by atoms with Crippen molar-refractivity contribution in [2.24, 2.45) is 51.2 Å². The van der Waals surface area contributed by atoms with Crippen LogP contribution in [-0.4, -0.2) is 62.6 Å². The molecule has 5 nitrogen and oxygen atoms in total. The van der Waals surface area contributed by atoms with Crippen molar-refractivity contribution in [3.05, 3.63) is 46.9 Å². The van der Waals surface area contributed by atoms with Gasteiger partial charge in [0.25, 0.3) is 0 Å². The molecule has 49 heavy (non-hydrogen) atoms. The molecule has 0 aromatic rings. The molecule has 0 spiro atoms. The van der Waals surface area contributed by atoms with Gasteiger partial charge < -0.3 is 15.1 Å². The molecule has 0 aromatic heterocycles. The standard InChI is InChI=1S/C43H67N3O2S/c1-29(2)34-13-19-43(45-22-25-46-23-15-33(16-24-46)49(9,47)48)21-20-41(6)35(38(34)43)10-11-37-40(5)17-12-31(26-30-27-32(28-30)44-8)39(3,4)36(40)14-18-42(37,41)7/h12,26,32-38,45H,1,10-11,13-25,27-28H2,2-7,9H3/t32?,34-,35+,36-,37+,38+,40-,41+,42+,43-/m0/s1. The summed E-state index contributed by atoms with van der Waals surface area (Å²) in [7, 11) is -2.93. The molecule has 6 fully saturated rings. The molecule has 0 amide bonds. The summed E-state index contributed by atoms with van der Waals surface area (Å²) < 4.78 is 24.2. The predicted molar refractivity (Wildman–Crippen MR) is 203 cm³/mol. The Kier molecular flexibility index (Phi) is 9.05. The van der Waals surface area contributed by atoms with Crippen LogP contribution in [0.3, 0.4) is 0 Å². The van der Waals surface area contributed by atoms with Crippen LogP contribution in [0, 0.1) is 57.8 Å². The second kappa shape index (κ2) is 12.3. The summed E-state index contributed by atoms with van der Waals surface area (Å²) in [5.74, 6) is 3.45. The van der Waals surface area contributed by atoms with E-state index in [1.807, 2.05) is 0 Å². The topological polar surface area (TPSA) is 53.8 Å². The van der Waals surface area contributed by atoms with Crippen molar-refractivity contribution in [1.29, 1.82) is 0 Å². The van der Waals surface area contributed by atoms with E-state index in [2.05, 4.69) is 75.3 Å². The highest BCUT2D eigenvalue weighted by Crippen LogP contribution is 2.76. The largest absolute Gasteiger partial charge is 0.313 e. The zero-order valence-corrected chi connectivity index (χ0v) is 32.9. The molecule has 0 unspecified atom stereocenters. The van der Waals surface area contributed by atoms with E-state index in [-0.39, 0.29) is 22.2 Å². The van der Waals surface area contributed by atoms with Gasteiger partial charge in [-0.15, -0.1) is 0 Å². The Bertz CT molecular complexity index is 1540. The summed E-state index contributed by atoms with van der Waals surface area (Å²) in [6.45, 7) is 31.5. The molecular weight excluding hydrogens is 623 g/mol. The molecule has 9 atom stereocenters. The Morgan fingerprint density at radius 1 is 0.980 bits per heavy atom. The van der Waals surface area contributed by atoms with Gasteiger partial charge in [-0.2, -0.15) is 0 Å². The fourth-order valence-corrected chi connectivity index (χ4v) is 15.4. The van der Waals surface area contributed by atoms with E-state index < -0.39 is 9.84 Å². The van der Waals surface area contributed by atoms with Crippen LogP contribution in [0.4, 0.5) is 0 Å². The molecule has 1 saturated heterocycles. The summed E-state index contributed by atoms with van der Waals surface area (Å²) >= 11 is 0. The maximum atomic E-state index is 12.1. The Morgan fingerprint density at radius 2 is 1.69 bits per heavy atom. The van der Waals surface area contributed by atoms with Gasteiger partial charge in [0.15, 0.2) is 0 Å². The first kappa shape index (κ1) is 36.0. The Hall–Kier alpha value is -1.42. The maximum absolute atomic E-state index is 12.1. The van der Waals surface area contributed by atoms with E-state index in [0.717, 1.165) is 63.7 Å². The van der Waals surface area contributed by atoms with Gasteiger partial charge in [0.05, 0.1) is 5.25 Å². The summed E-state index contributed by atoms with van der Waals surface area (Å²) in [4.78, 5) is 6.29. The second-order valence-electron chi connectivity index (χ2n) is 19.7. The van der Waals surface area contributed by atoms with Crippen molar-refractivity contribution in [3.8, 4) is 0 Å². The van der Waals surface area contributed by atoms with Gasteiger partial charge in [-0.3, -0.25) is 0 Å². The van der Waals surface area contributed by atoms with Crippen LogP contribution in [0.2, 0.25) is 0 Å². The van der Waals surface area contributed by atoms with Crippen molar-refractivity contribution in [3.63, 3.8) is 0 Å². The first-order valence-electron chi connectivity index (χ1n) is 20.1. The number of nitrogens with zero attached hydrogens (tertiary/aromatic N) is 2. The second-order valence-corrected chi connectivity index (χ2v) is 22.0. The third kappa shape index (κ3) is 5.60. The summed E-state index contributed by atoms with van der Waals surface area (Å²) in [6.07, 6.45) is 21.8. The number of rotatable bonds is 7. The number of allylic oxidation sites excluding steroid dienone is 4. The highest BCUT2D eigenvalue weighted by molar-refractivity contribution is 7.91. The fourth-order valence-electron chi connectivity index (χ4n) is 14.3. The van der Waals surface area contributed by atoms with Crippen molar-refractivity contribution >= 4 is 9.84 Å². The van der Waals surface area contributed by atoms with Crippen LogP contribution < -0.4 is 5.32 Å². The predicted octanol–water partition coefficient (Wildman–Crippen LogP) is 9.04. The SMILES string of the molecule is [C-]#[N+]C1CC(=CC2=CC[C@]3(C)[C@H]4CC[C@@H]5[C@H]6[C@H](C(=C)C)CC[C@]6(NCCN6CCC(S(C)(=O)=O)CC6)CC[C@@]5(C)[C@]4(C)CC[C@H]3C2(C)C)C1. The van der Waals surface area contributed by atoms with Crippen LogP contribution >= 0.6 is 0 Å². The Labute approximate surface area is 299 Å². The molecule has 0 aromatic carbocycles. The van der Waals surface area contributed by atoms with Crippen LogP contribution in [-0.2, 0) is 9.84 Å². The van der Waals surface area contributed by atoms with Gasteiger partial charge in [-0.1, -0.05) is 64.5 Å². The lowest BCUT2D eigenvalue weighted by Gasteiger charge is -2.72. The van der Waals surface area contributed by atoms with Gasteiger partial charge in [0.2, 0.25) is 6.04 Å². The number of hydrogen-bond donors (Lipinski definition) is 1. The Morgan fingerprint density at radius 3 is 2.35 bits per heavy atom. The number of sulfone groups is 1. The average molecular weight is 690 g/mol. The summed E-state index contributed by atoms with van der Waals surface area (Å²) in [5, 5.41) is 4.12. The van der Waals surface area contributed by atoms with Crippen molar-refractivity contribution in [1.82, 2.24) is 10.2 Å². The van der Waals surface area contributed by atoms with E-state index in [9.17, 15) is 8.42 Å². The van der Waals surface area contributed by atoms with Crippen LogP contribution in [0.25, 0.3) is 4.85 Å². The van der Waals surface area contributed by atoms with Crippen LogP contribution in [0.5, 0.6) is 0 Å². The van der Waals surface area contributed by atoms with Crippen molar-refractivity contribution < 1.29 is 8.42 Å². The van der Waals surface area contributed by atoms with Gasteiger partial charge >= 0.3 is 0 Å². The fraction of sp³-hybridized carbons (Fsp3) is 0.837. The van der Waals surface area contributed by atoms with Crippen molar-refractivity contribution in [2.45, 2.75) is 142 Å². The van der Waals surface area contributed by atoms with Gasteiger partial charge in [-0.05, 0) is 147 Å². The van der Waals surface area contributed by atoms with Gasteiger partial charge in [0.1, 0.15) is 9.84 Å². The highest BCUT2D eigenvalue weighted by atomic mass is 32.2. The third-order valence-electron chi connectivity index (χ3n) is 17.3. The number of nitrogens with one attached hydrogen (secondary N) is 1. The zero-order chi connectivity index (χ0) is 35.2. The molecular formula is C43H67N3O2S. The molecule has 0 radical (unpaired) electrons. The van der Waals surface area contributed by atoms with Crippen LogP contribution in [0.1, 0.15) is 125 Å². The minimum atomic E-state index is -2.93. The molecule has 5 saturated carbocycles. The van der Waals surface area contributed by atoms with E-state index in [0.29, 0.717) is 34.0 Å². The molecule has 1 N–H and O–H groups in total. The summed E-state index contributed by atoms with van der Waals surface area (Å²) in [5.41, 5.74) is 5.83. The average Bonchev–Trinajstić information content (AvgIpc) is 3.40. The number of likely N-dealkylation sites (tertiary alicyclic amines) is 1. The monoisotopic (exact) mass is 689 g/mol. The van der Waals surface area contributed by atoms with E-state index in [1.165, 1.54) is 75.2 Å². The molecule has 1 heterocycles. The smallest absolute Gasteiger partial charge is 0.231 e. The number of hydrogen-bond acceptors (Lipinski definition) is 4. The van der Waals surface area contributed by atoms with E-state index in [4.69, 9.17) is 6.57 Å². The molecule has 6 heteroatoms. The normalized spacial score (nSPS) is 45.1. The Balaban J connectivity index is 1.10. The molecule has 272 valence electrons. The summed E-state index contributed by atoms with van der Waals surface area (Å²) in [6, 6.07) is 0.218. The van der Waals surface area contributed by atoms with Gasteiger partial charge in [0, 0.05) is 37.7 Å². The zero-order valence-electron chi connectivity index (χ0n) is 32.0. The quantitative estimate of drug-likeness (QED) is 0.214. The lowest BCUT2D eigenvalue weighted by Crippen LogP contribution is -2.68. The number of fused-ring (bicyclic) bond motifs is 7. The lowest BCUT2D eigenvalue weighted by atomic mass is 9.33. The van der Waals surface area contributed by atoms with Crippen molar-refractivity contribution in [2.75, 3.05) is 32.4 Å². The van der Waals surface area contributed by atoms with E-state index >= 15 is 0 Å². The van der Waals surface area contributed by atoms with Crippen LogP contribution in [0.15, 0.2) is 35.5 Å². The maximum Gasteiger partial charge on any atom is 0.231 e. The first-order valence-corrected chi connectivity index (χ1v) is 22.0. The molecule has 7 aliphatic rings. The number of piperidine rings is 1. The molecule has 0 bridgehead atoms. The molecule has 1 aliphatic heterocycles. The lowest BCUT2D eigenvalue weighted by molar-refractivity contribution is -0.221. The minimum Gasteiger partial charge on any atom is -0.313 e. The minimum absolute atomic E-state index is 0.155.